The molecule has 0 bridgehead atoms. The summed E-state index contributed by atoms with van der Waals surface area (Å²) in [6.07, 6.45) is 8.39. The first-order valence-corrected chi connectivity index (χ1v) is 14.3. The number of hydrogen-bond acceptors (Lipinski definition) is 4. The number of allylic oxidation sites excluding steroid dienone is 1. The Labute approximate surface area is 176 Å². The molecule has 0 saturated carbocycles. The van der Waals surface area contributed by atoms with Gasteiger partial charge in [-0.1, -0.05) is 32.8 Å². The highest BCUT2D eigenvalue weighted by molar-refractivity contribution is 6.71. The van der Waals surface area contributed by atoms with Gasteiger partial charge in [0.2, 0.25) is 8.32 Å². The molecule has 0 amide bonds. The zero-order valence-corrected chi connectivity index (χ0v) is 19.7. The molecule has 160 valence electrons. The Balaban J connectivity index is 2.09. The molecule has 0 aromatic heterocycles. The van der Waals surface area contributed by atoms with E-state index in [0.29, 0.717) is 24.3 Å². The minimum atomic E-state index is -2.01. The van der Waals surface area contributed by atoms with Gasteiger partial charge in [-0.3, -0.25) is 0 Å². The predicted molar refractivity (Wildman–Crippen MR) is 119 cm³/mol. The summed E-state index contributed by atoms with van der Waals surface area (Å²) in [6, 6.07) is 1.05. The van der Waals surface area contributed by atoms with Crippen LogP contribution >= 0.6 is 0 Å². The minimum absolute atomic E-state index is 0.281. The second-order valence-corrected chi connectivity index (χ2v) is 13.3. The van der Waals surface area contributed by atoms with E-state index in [-0.39, 0.29) is 5.97 Å². The fourth-order valence-corrected chi connectivity index (χ4v) is 6.77. The van der Waals surface area contributed by atoms with Crippen LogP contribution in [0.5, 0.6) is 5.75 Å². The third-order valence-electron chi connectivity index (χ3n) is 6.39. The number of hydrogen-bond donors (Lipinski definition) is 1. The summed E-state index contributed by atoms with van der Waals surface area (Å²) >= 11 is 0. The number of esters is 1. The van der Waals surface area contributed by atoms with Crippen LogP contribution in [0.3, 0.4) is 0 Å². The third kappa shape index (κ3) is 4.61. The van der Waals surface area contributed by atoms with Gasteiger partial charge in [-0.2, -0.15) is 0 Å². The van der Waals surface area contributed by atoms with Gasteiger partial charge in [-0.25, -0.2) is 4.79 Å². The number of cyclic esters (lactones) is 1. The van der Waals surface area contributed by atoms with Crippen LogP contribution in [0, 0.1) is 6.92 Å². The molecule has 0 unspecified atom stereocenters. The van der Waals surface area contributed by atoms with Crippen molar-refractivity contribution < 1.29 is 19.1 Å². The number of carbonyl (C=O) groups excluding carboxylic acids is 1. The molecule has 0 spiro atoms. The third-order valence-corrected chi connectivity index (χ3v) is 8.70. The average Bonchev–Trinajstić information content (AvgIpc) is 3.34. The Hall–Kier alpha value is -1.59. The number of rotatable bonds is 9. The van der Waals surface area contributed by atoms with Crippen molar-refractivity contribution in [2.24, 2.45) is 0 Å². The van der Waals surface area contributed by atoms with E-state index in [2.05, 4.69) is 39.9 Å². The molecule has 1 aromatic rings. The summed E-state index contributed by atoms with van der Waals surface area (Å²) < 4.78 is 12.1. The molecule has 1 aromatic carbocycles. The Morgan fingerprint density at radius 1 is 1.28 bits per heavy atom. The molecule has 2 aliphatic rings. The van der Waals surface area contributed by atoms with E-state index in [1.54, 1.807) is 0 Å². The van der Waals surface area contributed by atoms with Gasteiger partial charge >= 0.3 is 5.97 Å². The predicted octanol–water partition coefficient (Wildman–Crippen LogP) is 5.63. The lowest BCUT2D eigenvalue weighted by atomic mass is 9.87. The van der Waals surface area contributed by atoms with E-state index >= 15 is 0 Å². The molecule has 0 fully saturated rings. The molecular formula is C24H36O4Si. The molecule has 0 radical (unpaired) electrons. The lowest BCUT2D eigenvalue weighted by molar-refractivity contribution is 0.0533. The maximum absolute atomic E-state index is 12.7. The van der Waals surface area contributed by atoms with E-state index in [4.69, 9.17) is 9.16 Å². The van der Waals surface area contributed by atoms with Crippen LogP contribution in [-0.2, 0) is 24.2 Å². The fraction of sp³-hybridized carbons (Fsp3) is 0.625. The quantitative estimate of drug-likeness (QED) is 0.322. The Morgan fingerprint density at radius 3 is 2.66 bits per heavy atom. The van der Waals surface area contributed by atoms with Gasteiger partial charge < -0.3 is 14.3 Å². The lowest BCUT2D eigenvalue weighted by Gasteiger charge is -2.29. The van der Waals surface area contributed by atoms with Crippen LogP contribution < -0.4 is 4.43 Å². The molecule has 29 heavy (non-hydrogen) atoms. The number of aliphatic hydroxyl groups is 1. The molecule has 3 rings (SSSR count). The fourth-order valence-electron chi connectivity index (χ4n) is 4.69. The molecule has 1 heterocycles. The van der Waals surface area contributed by atoms with E-state index < -0.39 is 14.4 Å². The van der Waals surface area contributed by atoms with E-state index in [0.717, 1.165) is 66.8 Å². The second-order valence-electron chi connectivity index (χ2n) is 9.05. The first-order chi connectivity index (χ1) is 13.8. The van der Waals surface area contributed by atoms with Crippen LogP contribution in [0.4, 0.5) is 0 Å². The summed E-state index contributed by atoms with van der Waals surface area (Å²) in [7, 11) is -2.01. The van der Waals surface area contributed by atoms with Gasteiger partial charge in [0.15, 0.2) is 0 Å². The number of carbonyl (C=O) groups is 1. The highest BCUT2D eigenvalue weighted by Gasteiger charge is 2.36. The number of fused-ring (bicyclic) bond motifs is 1. The Morgan fingerprint density at radius 2 is 2.03 bits per heavy atom. The molecule has 4 nitrogen and oxygen atoms in total. The van der Waals surface area contributed by atoms with Crippen LogP contribution in [0.2, 0.25) is 19.1 Å². The van der Waals surface area contributed by atoms with Crippen molar-refractivity contribution in [3.8, 4) is 5.75 Å². The summed E-state index contributed by atoms with van der Waals surface area (Å²) in [5, 5.41) is 11.0. The van der Waals surface area contributed by atoms with Crippen LogP contribution in [0.15, 0.2) is 11.6 Å². The lowest BCUT2D eigenvalue weighted by Crippen LogP contribution is -2.35. The number of aliphatic hydroxyl groups excluding tert-OH is 1. The summed E-state index contributed by atoms with van der Waals surface area (Å²) in [6.45, 7) is 11.2. The highest BCUT2D eigenvalue weighted by Crippen LogP contribution is 2.41. The van der Waals surface area contributed by atoms with E-state index in [9.17, 15) is 9.90 Å². The van der Waals surface area contributed by atoms with Gasteiger partial charge in [0, 0.05) is 12.0 Å². The maximum atomic E-state index is 12.7. The average molecular weight is 417 g/mol. The normalized spacial score (nSPS) is 17.2. The van der Waals surface area contributed by atoms with Crippen molar-refractivity contribution in [2.75, 3.05) is 0 Å². The highest BCUT2D eigenvalue weighted by atomic mass is 28.4. The first-order valence-electron chi connectivity index (χ1n) is 11.2. The molecule has 1 N–H and O–H groups in total. The van der Waals surface area contributed by atoms with E-state index in [1.165, 1.54) is 5.56 Å². The van der Waals surface area contributed by atoms with Crippen LogP contribution in [0.25, 0.3) is 0 Å². The Kier molecular flexibility index (Phi) is 6.89. The molecular weight excluding hydrogens is 380 g/mol. The SMILES string of the molecule is CCCC[Si](C)(C)Oc1c(C[C@H](O)C2=CCCC2)c(CC)c(C)c2c1C(=O)OC2. The van der Waals surface area contributed by atoms with Gasteiger partial charge in [-0.05, 0) is 74.0 Å². The van der Waals surface area contributed by atoms with Crippen LogP contribution in [-0.4, -0.2) is 25.5 Å². The van der Waals surface area contributed by atoms with Gasteiger partial charge in [0.05, 0.1) is 6.10 Å². The maximum Gasteiger partial charge on any atom is 0.342 e. The minimum Gasteiger partial charge on any atom is -0.543 e. The molecule has 5 heteroatoms. The van der Waals surface area contributed by atoms with Gasteiger partial charge in [0.25, 0.3) is 0 Å². The zero-order valence-electron chi connectivity index (χ0n) is 18.7. The smallest absolute Gasteiger partial charge is 0.342 e. The standard InChI is InChI=1S/C24H36O4Si/c1-6-8-13-29(4,5)28-23-19(14-21(25)17-11-9-10-12-17)18(7-2)16(3)20-15-27-24(26)22(20)23/h11,21,25H,6-10,12-15H2,1-5H3/t21-/m0/s1. The molecule has 1 aliphatic heterocycles. The van der Waals surface area contributed by atoms with Crippen molar-refractivity contribution in [2.45, 2.75) is 97.6 Å². The Bertz CT molecular complexity index is 810. The van der Waals surface area contributed by atoms with Crippen molar-refractivity contribution >= 4 is 14.3 Å². The number of benzene rings is 1. The second kappa shape index (κ2) is 9.05. The van der Waals surface area contributed by atoms with Gasteiger partial charge in [-0.15, -0.1) is 0 Å². The topological polar surface area (TPSA) is 55.8 Å². The summed E-state index contributed by atoms with van der Waals surface area (Å²) in [5.41, 5.74) is 6.05. The van der Waals surface area contributed by atoms with Crippen LogP contribution in [0.1, 0.15) is 78.6 Å². The monoisotopic (exact) mass is 416 g/mol. The molecule has 1 aliphatic carbocycles. The van der Waals surface area contributed by atoms with Crippen molar-refractivity contribution in [3.05, 3.63) is 39.5 Å². The zero-order chi connectivity index (χ0) is 21.2. The largest absolute Gasteiger partial charge is 0.543 e. The molecule has 0 saturated heterocycles. The van der Waals surface area contributed by atoms with E-state index in [1.807, 2.05) is 0 Å². The number of ether oxygens (including phenoxy) is 1. The molecule has 1 atom stereocenters. The van der Waals surface area contributed by atoms with Crippen molar-refractivity contribution in [1.29, 1.82) is 0 Å². The van der Waals surface area contributed by atoms with Gasteiger partial charge in [0.1, 0.15) is 17.9 Å². The number of unbranched alkanes of at least 4 members (excludes halogenated alkanes) is 1. The summed E-state index contributed by atoms with van der Waals surface area (Å²) in [5.74, 6) is 0.423. The first kappa shape index (κ1) is 22.1. The van der Waals surface area contributed by atoms with Crippen molar-refractivity contribution in [1.82, 2.24) is 0 Å². The van der Waals surface area contributed by atoms with Crippen molar-refractivity contribution in [3.63, 3.8) is 0 Å². The summed E-state index contributed by atoms with van der Waals surface area (Å²) in [4.78, 5) is 12.7.